The summed E-state index contributed by atoms with van der Waals surface area (Å²) in [7, 11) is 1.67. The summed E-state index contributed by atoms with van der Waals surface area (Å²) in [6.45, 7) is 1.65. The maximum absolute atomic E-state index is 5.68. The van der Waals surface area contributed by atoms with E-state index in [1.165, 1.54) is 32.1 Å². The number of ether oxygens (including phenoxy) is 2. The summed E-state index contributed by atoms with van der Waals surface area (Å²) < 4.78 is 10.8. The molecule has 1 aliphatic carbocycles. The van der Waals surface area contributed by atoms with Crippen molar-refractivity contribution in [3.63, 3.8) is 0 Å². The van der Waals surface area contributed by atoms with E-state index in [9.17, 15) is 0 Å². The molecule has 1 aromatic rings. The van der Waals surface area contributed by atoms with E-state index in [1.54, 1.807) is 7.11 Å². The van der Waals surface area contributed by atoms with Gasteiger partial charge in [0.15, 0.2) is 0 Å². The van der Waals surface area contributed by atoms with Gasteiger partial charge < -0.3 is 14.8 Å². The fourth-order valence-electron chi connectivity index (χ4n) is 2.41. The lowest BCUT2D eigenvalue weighted by molar-refractivity contribution is 0.289. The summed E-state index contributed by atoms with van der Waals surface area (Å²) in [6.07, 6.45) is 6.79. The molecule has 2 rings (SSSR count). The highest BCUT2D eigenvalue weighted by atomic mass is 16.5. The molecule has 0 radical (unpaired) electrons. The van der Waals surface area contributed by atoms with Gasteiger partial charge in [-0.3, -0.25) is 0 Å². The molecule has 0 saturated heterocycles. The van der Waals surface area contributed by atoms with Gasteiger partial charge in [0.05, 0.1) is 7.11 Å². The van der Waals surface area contributed by atoms with Crippen molar-refractivity contribution in [2.24, 2.45) is 0 Å². The molecule has 0 aromatic heterocycles. The van der Waals surface area contributed by atoms with E-state index in [1.807, 2.05) is 24.3 Å². The number of nitrogens with one attached hydrogen (secondary N) is 1. The normalized spacial score (nSPS) is 16.5. The van der Waals surface area contributed by atoms with Crippen LogP contribution < -0.4 is 14.8 Å². The number of benzene rings is 1. The first-order chi connectivity index (χ1) is 8.88. The van der Waals surface area contributed by atoms with Crippen LogP contribution in [0, 0.1) is 0 Å². The lowest BCUT2D eigenvalue weighted by atomic mass is 9.96. The third-order valence-corrected chi connectivity index (χ3v) is 3.47. The zero-order chi connectivity index (χ0) is 12.6. The van der Waals surface area contributed by atoms with Gasteiger partial charge in [0.1, 0.15) is 18.1 Å². The van der Waals surface area contributed by atoms with Crippen molar-refractivity contribution in [2.45, 2.75) is 38.1 Å². The zero-order valence-electron chi connectivity index (χ0n) is 11.2. The molecule has 0 unspecified atom stereocenters. The van der Waals surface area contributed by atoms with E-state index in [2.05, 4.69) is 5.32 Å². The van der Waals surface area contributed by atoms with E-state index in [4.69, 9.17) is 9.47 Å². The highest BCUT2D eigenvalue weighted by molar-refractivity contribution is 5.31. The van der Waals surface area contributed by atoms with Gasteiger partial charge in [0.25, 0.3) is 0 Å². The van der Waals surface area contributed by atoms with Crippen molar-refractivity contribution >= 4 is 0 Å². The summed E-state index contributed by atoms with van der Waals surface area (Å²) in [6, 6.07) is 8.44. The topological polar surface area (TPSA) is 30.5 Å². The van der Waals surface area contributed by atoms with E-state index in [-0.39, 0.29) is 0 Å². The highest BCUT2D eigenvalue weighted by Crippen LogP contribution is 2.18. The highest BCUT2D eigenvalue weighted by Gasteiger charge is 2.11. The Morgan fingerprint density at radius 2 is 1.72 bits per heavy atom. The average Bonchev–Trinajstić information content (AvgIpc) is 2.45. The molecule has 0 bridgehead atoms. The Morgan fingerprint density at radius 1 is 1.06 bits per heavy atom. The maximum Gasteiger partial charge on any atom is 0.119 e. The van der Waals surface area contributed by atoms with E-state index >= 15 is 0 Å². The van der Waals surface area contributed by atoms with Gasteiger partial charge in [-0.1, -0.05) is 19.3 Å². The summed E-state index contributed by atoms with van der Waals surface area (Å²) in [5.41, 5.74) is 0. The molecular formula is C15H23NO2. The van der Waals surface area contributed by atoms with Crippen LogP contribution in [0.15, 0.2) is 24.3 Å². The van der Waals surface area contributed by atoms with Crippen LogP contribution in [-0.4, -0.2) is 26.3 Å². The van der Waals surface area contributed by atoms with Crippen LogP contribution in [0.25, 0.3) is 0 Å². The van der Waals surface area contributed by atoms with Gasteiger partial charge in [0.2, 0.25) is 0 Å². The second-order valence-corrected chi connectivity index (χ2v) is 4.81. The molecule has 1 aromatic carbocycles. The molecule has 100 valence electrons. The van der Waals surface area contributed by atoms with Crippen molar-refractivity contribution in [1.82, 2.24) is 5.32 Å². The second-order valence-electron chi connectivity index (χ2n) is 4.81. The van der Waals surface area contributed by atoms with Crippen LogP contribution in [-0.2, 0) is 0 Å². The smallest absolute Gasteiger partial charge is 0.119 e. The van der Waals surface area contributed by atoms with Crippen LogP contribution in [0.2, 0.25) is 0 Å². The van der Waals surface area contributed by atoms with Gasteiger partial charge in [-0.15, -0.1) is 0 Å². The van der Waals surface area contributed by atoms with Gasteiger partial charge in [-0.05, 0) is 37.1 Å². The molecule has 3 nitrogen and oxygen atoms in total. The fourth-order valence-corrected chi connectivity index (χ4v) is 2.41. The SMILES string of the molecule is COc1ccc(OCCNC2CCCCC2)cc1. The summed E-state index contributed by atoms with van der Waals surface area (Å²) in [5, 5.41) is 3.56. The van der Waals surface area contributed by atoms with Crippen LogP contribution in [0.1, 0.15) is 32.1 Å². The Kier molecular flexibility index (Phi) is 5.34. The lowest BCUT2D eigenvalue weighted by Crippen LogP contribution is -2.34. The van der Waals surface area contributed by atoms with Gasteiger partial charge >= 0.3 is 0 Å². The summed E-state index contributed by atoms with van der Waals surface area (Å²) in [5.74, 6) is 1.77. The van der Waals surface area contributed by atoms with Gasteiger partial charge in [0, 0.05) is 12.6 Å². The van der Waals surface area contributed by atoms with Gasteiger partial charge in [-0.25, -0.2) is 0 Å². The standard InChI is InChI=1S/C15H23NO2/c1-17-14-7-9-15(10-8-14)18-12-11-16-13-5-3-2-4-6-13/h7-10,13,16H,2-6,11-12H2,1H3. The molecule has 18 heavy (non-hydrogen) atoms. The predicted molar refractivity (Wildman–Crippen MR) is 73.4 cm³/mol. The molecule has 1 fully saturated rings. The van der Waals surface area contributed by atoms with E-state index < -0.39 is 0 Å². The molecule has 1 saturated carbocycles. The maximum atomic E-state index is 5.68. The first kappa shape index (κ1) is 13.2. The number of hydrogen-bond donors (Lipinski definition) is 1. The minimum Gasteiger partial charge on any atom is -0.497 e. The Morgan fingerprint density at radius 3 is 2.39 bits per heavy atom. The summed E-state index contributed by atoms with van der Waals surface area (Å²) in [4.78, 5) is 0. The van der Waals surface area contributed by atoms with E-state index in [0.29, 0.717) is 6.04 Å². The third kappa shape index (κ3) is 4.22. The molecule has 1 aliphatic rings. The van der Waals surface area contributed by atoms with Crippen molar-refractivity contribution in [3.05, 3.63) is 24.3 Å². The second kappa shape index (κ2) is 7.27. The van der Waals surface area contributed by atoms with E-state index in [0.717, 1.165) is 24.7 Å². The molecule has 0 heterocycles. The summed E-state index contributed by atoms with van der Waals surface area (Å²) >= 11 is 0. The van der Waals surface area contributed by atoms with Crippen molar-refractivity contribution in [1.29, 1.82) is 0 Å². The number of hydrogen-bond acceptors (Lipinski definition) is 3. The first-order valence-corrected chi connectivity index (χ1v) is 6.89. The van der Waals surface area contributed by atoms with Crippen molar-refractivity contribution in [2.75, 3.05) is 20.3 Å². The monoisotopic (exact) mass is 249 g/mol. The minimum atomic E-state index is 0.707. The first-order valence-electron chi connectivity index (χ1n) is 6.89. The van der Waals surface area contributed by atoms with Gasteiger partial charge in [-0.2, -0.15) is 0 Å². The molecule has 0 atom stereocenters. The van der Waals surface area contributed by atoms with Crippen LogP contribution in [0.3, 0.4) is 0 Å². The van der Waals surface area contributed by atoms with Crippen molar-refractivity contribution < 1.29 is 9.47 Å². The molecule has 0 aliphatic heterocycles. The fraction of sp³-hybridized carbons (Fsp3) is 0.600. The Balaban J connectivity index is 1.62. The average molecular weight is 249 g/mol. The molecule has 0 amide bonds. The Hall–Kier alpha value is -1.22. The largest absolute Gasteiger partial charge is 0.497 e. The molecule has 3 heteroatoms. The molecule has 0 spiro atoms. The van der Waals surface area contributed by atoms with Crippen LogP contribution in [0.4, 0.5) is 0 Å². The molecule has 1 N–H and O–H groups in total. The van der Waals surface area contributed by atoms with Crippen LogP contribution >= 0.6 is 0 Å². The number of methoxy groups -OCH3 is 1. The predicted octanol–water partition coefficient (Wildman–Crippen LogP) is 3.00. The Labute approximate surface area is 109 Å². The Bertz CT molecular complexity index is 331. The zero-order valence-corrected chi connectivity index (χ0v) is 11.2. The lowest BCUT2D eigenvalue weighted by Gasteiger charge is -2.22. The number of rotatable bonds is 6. The van der Waals surface area contributed by atoms with Crippen molar-refractivity contribution in [3.8, 4) is 11.5 Å². The molecular weight excluding hydrogens is 226 g/mol. The quantitative estimate of drug-likeness (QED) is 0.786. The third-order valence-electron chi connectivity index (χ3n) is 3.47. The van der Waals surface area contributed by atoms with Crippen LogP contribution in [0.5, 0.6) is 11.5 Å². The minimum absolute atomic E-state index is 0.707.